The molecule has 2 atom stereocenters. The number of hydrogen-bond donors (Lipinski definition) is 1. The van der Waals surface area contributed by atoms with Crippen LogP contribution in [-0.2, 0) is 0 Å². The number of benzene rings is 1. The predicted octanol–water partition coefficient (Wildman–Crippen LogP) is 4.21. The Hall–Kier alpha value is -0.820. The van der Waals surface area contributed by atoms with Gasteiger partial charge in [0.1, 0.15) is 0 Å². The summed E-state index contributed by atoms with van der Waals surface area (Å²) in [7, 11) is 2.07. The maximum Gasteiger partial charge on any atom is -0.00518 e. The van der Waals surface area contributed by atoms with Crippen LogP contribution < -0.4 is 5.32 Å². The van der Waals surface area contributed by atoms with Gasteiger partial charge >= 0.3 is 0 Å². The van der Waals surface area contributed by atoms with Crippen molar-refractivity contribution < 1.29 is 0 Å². The van der Waals surface area contributed by atoms with E-state index in [0.29, 0.717) is 0 Å². The lowest BCUT2D eigenvalue weighted by atomic mass is 9.56. The molecule has 0 spiro atoms. The van der Waals surface area contributed by atoms with Gasteiger partial charge in [-0.3, -0.25) is 0 Å². The molecule has 19 heavy (non-hydrogen) atoms. The average molecular weight is 257 g/mol. The molecule has 3 aliphatic rings. The maximum atomic E-state index is 3.31. The summed E-state index contributed by atoms with van der Waals surface area (Å²) in [5.41, 5.74) is 1.62. The summed E-state index contributed by atoms with van der Waals surface area (Å²) >= 11 is 0. The molecule has 3 fully saturated rings. The van der Waals surface area contributed by atoms with Crippen molar-refractivity contribution in [3.8, 4) is 0 Å². The molecule has 3 saturated carbocycles. The Balaban J connectivity index is 1.77. The van der Waals surface area contributed by atoms with Gasteiger partial charge in [-0.15, -0.1) is 0 Å². The lowest BCUT2D eigenvalue weighted by Crippen LogP contribution is -2.38. The van der Waals surface area contributed by atoms with Crippen LogP contribution in [0.4, 0.5) is 0 Å². The molecule has 1 nitrogen and oxygen atoms in total. The molecule has 0 heterocycles. The van der Waals surface area contributed by atoms with Gasteiger partial charge in [-0.2, -0.15) is 0 Å². The molecule has 0 amide bonds. The van der Waals surface area contributed by atoms with Gasteiger partial charge < -0.3 is 5.32 Å². The first kappa shape index (κ1) is 13.2. The summed E-state index contributed by atoms with van der Waals surface area (Å²) in [5, 5.41) is 3.31. The third kappa shape index (κ3) is 2.72. The second-order valence-corrected chi connectivity index (χ2v) is 6.52. The molecule has 104 valence electrons. The van der Waals surface area contributed by atoms with E-state index in [2.05, 4.69) is 42.7 Å². The first-order chi connectivity index (χ1) is 9.40. The molecular weight excluding hydrogens is 230 g/mol. The van der Waals surface area contributed by atoms with Crippen LogP contribution in [-0.4, -0.2) is 13.6 Å². The van der Waals surface area contributed by atoms with E-state index in [0.717, 1.165) is 23.7 Å². The zero-order valence-electron chi connectivity index (χ0n) is 12.1. The molecule has 1 N–H and O–H groups in total. The number of hydrogen-bond acceptors (Lipinski definition) is 1. The fourth-order valence-electron chi connectivity index (χ4n) is 4.70. The summed E-state index contributed by atoms with van der Waals surface area (Å²) in [6, 6.07) is 11.3. The molecule has 4 rings (SSSR count). The molecule has 0 aliphatic heterocycles. The van der Waals surface area contributed by atoms with Crippen LogP contribution in [0.15, 0.2) is 30.3 Å². The smallest absolute Gasteiger partial charge is 0.00518 e. The highest BCUT2D eigenvalue weighted by molar-refractivity contribution is 5.23. The Morgan fingerprint density at radius 2 is 1.68 bits per heavy atom. The first-order valence-corrected chi connectivity index (χ1v) is 8.09. The highest BCUT2D eigenvalue weighted by atomic mass is 14.8. The fourth-order valence-corrected chi connectivity index (χ4v) is 4.70. The van der Waals surface area contributed by atoms with Gasteiger partial charge in [0.15, 0.2) is 0 Å². The highest BCUT2D eigenvalue weighted by Crippen LogP contribution is 2.54. The molecule has 1 aromatic rings. The Labute approximate surface area is 117 Å². The van der Waals surface area contributed by atoms with E-state index >= 15 is 0 Å². The molecule has 3 aliphatic carbocycles. The third-order valence-electron chi connectivity index (χ3n) is 5.54. The Bertz CT molecular complexity index is 378. The average Bonchev–Trinajstić information content (AvgIpc) is 2.49. The van der Waals surface area contributed by atoms with Crippen molar-refractivity contribution in [1.29, 1.82) is 0 Å². The van der Waals surface area contributed by atoms with Crippen LogP contribution >= 0.6 is 0 Å². The Morgan fingerprint density at radius 3 is 2.37 bits per heavy atom. The summed E-state index contributed by atoms with van der Waals surface area (Å²) in [6.45, 7) is 1.18. The minimum absolute atomic E-state index is 0.852. The highest BCUT2D eigenvalue weighted by Gasteiger charge is 2.43. The maximum absolute atomic E-state index is 3.31. The van der Waals surface area contributed by atoms with E-state index in [1.54, 1.807) is 5.56 Å². The predicted molar refractivity (Wildman–Crippen MR) is 81.3 cm³/mol. The summed E-state index contributed by atoms with van der Waals surface area (Å²) in [6.07, 6.45) is 8.71. The molecule has 1 aromatic carbocycles. The van der Waals surface area contributed by atoms with Crippen molar-refractivity contribution in [2.24, 2.45) is 17.8 Å². The van der Waals surface area contributed by atoms with Crippen molar-refractivity contribution in [1.82, 2.24) is 5.32 Å². The van der Waals surface area contributed by atoms with Gasteiger partial charge in [0, 0.05) is 0 Å². The van der Waals surface area contributed by atoms with Gasteiger partial charge in [0.2, 0.25) is 0 Å². The van der Waals surface area contributed by atoms with Gasteiger partial charge in [-0.1, -0.05) is 30.3 Å². The van der Waals surface area contributed by atoms with E-state index in [4.69, 9.17) is 0 Å². The Morgan fingerprint density at radius 1 is 1.00 bits per heavy atom. The molecule has 1 heteroatoms. The van der Waals surface area contributed by atoms with Crippen molar-refractivity contribution in [3.05, 3.63) is 35.9 Å². The van der Waals surface area contributed by atoms with Crippen molar-refractivity contribution in [3.63, 3.8) is 0 Å². The van der Waals surface area contributed by atoms with Crippen molar-refractivity contribution >= 4 is 0 Å². The molecule has 0 saturated heterocycles. The Kier molecular flexibility index (Phi) is 4.22. The largest absolute Gasteiger partial charge is 0.320 e. The molecule has 0 aromatic heterocycles. The van der Waals surface area contributed by atoms with Crippen molar-refractivity contribution in [2.45, 2.75) is 44.4 Å². The summed E-state index contributed by atoms with van der Waals surface area (Å²) in [4.78, 5) is 0. The lowest BCUT2D eigenvalue weighted by Gasteiger charge is -2.49. The van der Waals surface area contributed by atoms with Gasteiger partial charge in [0.25, 0.3) is 0 Å². The molecule has 0 radical (unpaired) electrons. The standard InChI is InChI=1S/C18H27N/c1-19-13-5-8-17-14-9-11-16(12-10-14)18(17)15-6-3-2-4-7-15/h2-4,6-7,14,16-19H,5,8-13H2,1H3/t14?,16?,17-,18+/m1/s1. The minimum Gasteiger partial charge on any atom is -0.320 e. The van der Waals surface area contributed by atoms with Crippen LogP contribution in [0.5, 0.6) is 0 Å². The number of nitrogens with one attached hydrogen (secondary N) is 1. The zero-order chi connectivity index (χ0) is 13.1. The molecular formula is C18H27N. The molecule has 0 unspecified atom stereocenters. The van der Waals surface area contributed by atoms with Crippen molar-refractivity contribution in [2.75, 3.05) is 13.6 Å². The van der Waals surface area contributed by atoms with Gasteiger partial charge in [0.05, 0.1) is 0 Å². The van der Waals surface area contributed by atoms with E-state index in [1.165, 1.54) is 45.1 Å². The van der Waals surface area contributed by atoms with Crippen LogP contribution in [0.2, 0.25) is 0 Å². The third-order valence-corrected chi connectivity index (χ3v) is 5.54. The second-order valence-electron chi connectivity index (χ2n) is 6.52. The van der Waals surface area contributed by atoms with Crippen LogP contribution in [0.25, 0.3) is 0 Å². The normalized spacial score (nSPS) is 33.5. The summed E-state index contributed by atoms with van der Waals surface area (Å²) < 4.78 is 0. The lowest BCUT2D eigenvalue weighted by molar-refractivity contribution is 0.0611. The number of rotatable bonds is 5. The van der Waals surface area contributed by atoms with E-state index < -0.39 is 0 Å². The first-order valence-electron chi connectivity index (χ1n) is 8.09. The zero-order valence-corrected chi connectivity index (χ0v) is 12.1. The molecule has 2 bridgehead atoms. The number of fused-ring (bicyclic) bond motifs is 3. The van der Waals surface area contributed by atoms with Crippen LogP contribution in [0, 0.1) is 17.8 Å². The summed E-state index contributed by atoms with van der Waals surface area (Å²) in [5.74, 6) is 3.77. The van der Waals surface area contributed by atoms with E-state index in [9.17, 15) is 0 Å². The quantitative estimate of drug-likeness (QED) is 0.779. The van der Waals surface area contributed by atoms with E-state index in [1.807, 2.05) is 0 Å². The SMILES string of the molecule is CNCCC[C@@H]1C2CCC(CC2)[C@@H]1c1ccccc1. The van der Waals surface area contributed by atoms with Crippen LogP contribution in [0.3, 0.4) is 0 Å². The van der Waals surface area contributed by atoms with Gasteiger partial charge in [-0.25, -0.2) is 0 Å². The fraction of sp³-hybridized carbons (Fsp3) is 0.667. The van der Waals surface area contributed by atoms with Gasteiger partial charge in [-0.05, 0) is 81.4 Å². The van der Waals surface area contributed by atoms with E-state index in [-0.39, 0.29) is 0 Å². The minimum atomic E-state index is 0.852. The van der Waals surface area contributed by atoms with Crippen LogP contribution in [0.1, 0.15) is 50.0 Å². The topological polar surface area (TPSA) is 12.0 Å². The second kappa shape index (κ2) is 6.09. The monoisotopic (exact) mass is 257 g/mol.